The van der Waals surface area contributed by atoms with Crippen LogP contribution in [-0.4, -0.2) is 12.6 Å². The summed E-state index contributed by atoms with van der Waals surface area (Å²) in [6.45, 7) is 2.91. The second kappa shape index (κ2) is 3.10. The first kappa shape index (κ1) is 9.44. The third-order valence-electron chi connectivity index (χ3n) is 4.67. The molecule has 0 amide bonds. The number of esters is 1. The molecule has 0 aromatic rings. The van der Waals surface area contributed by atoms with Gasteiger partial charge in [0.05, 0.1) is 12.5 Å². The van der Waals surface area contributed by atoms with E-state index >= 15 is 0 Å². The van der Waals surface area contributed by atoms with E-state index < -0.39 is 0 Å². The third-order valence-corrected chi connectivity index (χ3v) is 4.67. The molecule has 0 bridgehead atoms. The maximum atomic E-state index is 11.6. The highest BCUT2D eigenvalue weighted by molar-refractivity contribution is 5.76. The van der Waals surface area contributed by atoms with Crippen LogP contribution in [0.15, 0.2) is 11.6 Å². The molecule has 2 nitrogen and oxygen atoms in total. The van der Waals surface area contributed by atoms with Gasteiger partial charge in [-0.15, -0.1) is 0 Å². The summed E-state index contributed by atoms with van der Waals surface area (Å²) in [5.41, 5.74) is 1.72. The molecule has 0 N–H and O–H groups in total. The summed E-state index contributed by atoms with van der Waals surface area (Å²) in [7, 11) is 0. The van der Waals surface area contributed by atoms with Gasteiger partial charge in [-0.25, -0.2) is 0 Å². The van der Waals surface area contributed by atoms with Crippen molar-refractivity contribution in [2.45, 2.75) is 39.0 Å². The molecule has 2 heteroatoms. The van der Waals surface area contributed by atoms with E-state index in [-0.39, 0.29) is 17.3 Å². The van der Waals surface area contributed by atoms with Gasteiger partial charge in [0.2, 0.25) is 0 Å². The largest absolute Gasteiger partial charge is 0.465 e. The van der Waals surface area contributed by atoms with Crippen molar-refractivity contribution < 1.29 is 9.53 Å². The van der Waals surface area contributed by atoms with Crippen LogP contribution in [0.3, 0.4) is 0 Å². The summed E-state index contributed by atoms with van der Waals surface area (Å²) in [4.78, 5) is 11.6. The molecule has 0 aromatic heterocycles. The number of fused-ring (bicyclic) bond motifs is 3. The van der Waals surface area contributed by atoms with Crippen molar-refractivity contribution in [3.63, 3.8) is 0 Å². The van der Waals surface area contributed by atoms with Crippen molar-refractivity contribution >= 4 is 5.97 Å². The number of cyclic esters (lactones) is 1. The fourth-order valence-electron chi connectivity index (χ4n) is 3.71. The molecule has 1 heterocycles. The lowest BCUT2D eigenvalue weighted by Crippen LogP contribution is -2.40. The van der Waals surface area contributed by atoms with Gasteiger partial charge < -0.3 is 4.74 Å². The number of allylic oxidation sites excluding steroid dienone is 2. The summed E-state index contributed by atoms with van der Waals surface area (Å²) in [6, 6.07) is 0. The average Bonchev–Trinajstić information content (AvgIpc) is 2.56. The van der Waals surface area contributed by atoms with E-state index in [0.29, 0.717) is 12.5 Å². The molecular weight excluding hydrogens is 188 g/mol. The van der Waals surface area contributed by atoms with Crippen molar-refractivity contribution in [3.8, 4) is 0 Å². The minimum Gasteiger partial charge on any atom is -0.465 e. The van der Waals surface area contributed by atoms with E-state index in [2.05, 4.69) is 13.0 Å². The van der Waals surface area contributed by atoms with E-state index in [4.69, 9.17) is 4.74 Å². The fourth-order valence-corrected chi connectivity index (χ4v) is 3.71. The zero-order valence-corrected chi connectivity index (χ0v) is 9.29. The Labute approximate surface area is 90.7 Å². The van der Waals surface area contributed by atoms with Crippen LogP contribution < -0.4 is 0 Å². The van der Waals surface area contributed by atoms with Crippen LogP contribution in [0.4, 0.5) is 0 Å². The molecule has 2 fully saturated rings. The Morgan fingerprint density at radius 3 is 3.13 bits per heavy atom. The van der Waals surface area contributed by atoms with E-state index in [0.717, 1.165) is 6.42 Å². The quantitative estimate of drug-likeness (QED) is 0.450. The number of carbonyl (C=O) groups excluding carboxylic acids is 1. The lowest BCUT2D eigenvalue weighted by molar-refractivity contribution is -0.141. The summed E-state index contributed by atoms with van der Waals surface area (Å²) < 4.78 is 5.28. The Bertz CT molecular complexity index is 331. The molecule has 3 atom stereocenters. The highest BCUT2D eigenvalue weighted by atomic mass is 16.5. The topological polar surface area (TPSA) is 26.3 Å². The predicted molar refractivity (Wildman–Crippen MR) is 57.2 cm³/mol. The van der Waals surface area contributed by atoms with E-state index in [1.807, 2.05) is 0 Å². The first-order chi connectivity index (χ1) is 7.22. The molecule has 0 spiro atoms. The van der Waals surface area contributed by atoms with Gasteiger partial charge >= 0.3 is 5.97 Å². The first-order valence-corrected chi connectivity index (χ1v) is 6.07. The van der Waals surface area contributed by atoms with Crippen molar-refractivity contribution in [1.29, 1.82) is 0 Å². The van der Waals surface area contributed by atoms with Crippen molar-refractivity contribution in [3.05, 3.63) is 11.6 Å². The normalized spacial score (nSPS) is 44.1. The average molecular weight is 206 g/mol. The van der Waals surface area contributed by atoms with Gasteiger partial charge in [0.25, 0.3) is 0 Å². The van der Waals surface area contributed by atoms with Gasteiger partial charge in [-0.2, -0.15) is 0 Å². The van der Waals surface area contributed by atoms with E-state index in [1.165, 1.54) is 25.7 Å². The van der Waals surface area contributed by atoms with Gasteiger partial charge in [-0.3, -0.25) is 4.79 Å². The lowest BCUT2D eigenvalue weighted by Gasteiger charge is -2.43. The van der Waals surface area contributed by atoms with Crippen LogP contribution in [0.25, 0.3) is 0 Å². The van der Waals surface area contributed by atoms with Crippen LogP contribution >= 0.6 is 0 Å². The molecule has 0 unspecified atom stereocenters. The van der Waals surface area contributed by atoms with Gasteiger partial charge in [-0.05, 0) is 31.6 Å². The van der Waals surface area contributed by atoms with Crippen LogP contribution in [0.1, 0.15) is 39.0 Å². The molecule has 82 valence electrons. The number of carbonyl (C=O) groups is 1. The van der Waals surface area contributed by atoms with Crippen LogP contribution in [0.2, 0.25) is 0 Å². The zero-order valence-electron chi connectivity index (χ0n) is 9.29. The molecule has 3 rings (SSSR count). The van der Waals surface area contributed by atoms with Crippen molar-refractivity contribution in [2.75, 3.05) is 6.61 Å². The monoisotopic (exact) mass is 206 g/mol. The van der Waals surface area contributed by atoms with Gasteiger partial charge in [0.15, 0.2) is 0 Å². The van der Waals surface area contributed by atoms with Crippen LogP contribution in [-0.2, 0) is 9.53 Å². The minimum absolute atomic E-state index is 0.0402. The predicted octanol–water partition coefficient (Wildman–Crippen LogP) is 2.69. The second-order valence-corrected chi connectivity index (χ2v) is 5.48. The van der Waals surface area contributed by atoms with Crippen molar-refractivity contribution in [2.24, 2.45) is 17.3 Å². The summed E-state index contributed by atoms with van der Waals surface area (Å²) >= 11 is 0. The smallest absolute Gasteiger partial charge is 0.309 e. The Hall–Kier alpha value is -0.790. The molecule has 1 saturated heterocycles. The molecular formula is C13H18O2. The first-order valence-electron chi connectivity index (χ1n) is 6.07. The standard InChI is InChI=1S/C13H18O2/c1-13-8-15-12(14)11(13)7-6-9-4-2-3-5-10(9)13/h6,10-11H,2-5,7-8H2,1H3/t10-,11+,13-/m0/s1. The Kier molecular flexibility index (Phi) is 1.95. The summed E-state index contributed by atoms with van der Waals surface area (Å²) in [6.07, 6.45) is 8.40. The molecule has 0 radical (unpaired) electrons. The maximum absolute atomic E-state index is 11.6. The Morgan fingerprint density at radius 1 is 1.40 bits per heavy atom. The lowest BCUT2D eigenvalue weighted by atomic mass is 9.59. The zero-order chi connectivity index (χ0) is 10.5. The van der Waals surface area contributed by atoms with E-state index in [1.54, 1.807) is 5.57 Å². The van der Waals surface area contributed by atoms with E-state index in [9.17, 15) is 4.79 Å². The maximum Gasteiger partial charge on any atom is 0.309 e. The van der Waals surface area contributed by atoms with Crippen molar-refractivity contribution in [1.82, 2.24) is 0 Å². The summed E-state index contributed by atoms with van der Waals surface area (Å²) in [5.74, 6) is 0.805. The molecule has 1 aliphatic heterocycles. The fraction of sp³-hybridized carbons (Fsp3) is 0.769. The Morgan fingerprint density at radius 2 is 2.27 bits per heavy atom. The number of ether oxygens (including phenoxy) is 1. The van der Waals surface area contributed by atoms with Gasteiger partial charge in [0.1, 0.15) is 0 Å². The molecule has 15 heavy (non-hydrogen) atoms. The molecule has 3 aliphatic rings. The van der Waals surface area contributed by atoms with Gasteiger partial charge in [0, 0.05) is 5.41 Å². The highest BCUT2D eigenvalue weighted by Gasteiger charge is 2.53. The number of hydrogen-bond acceptors (Lipinski definition) is 2. The van der Waals surface area contributed by atoms with Crippen LogP contribution in [0, 0.1) is 17.3 Å². The third kappa shape index (κ3) is 1.20. The molecule has 1 saturated carbocycles. The summed E-state index contributed by atoms with van der Waals surface area (Å²) in [5, 5.41) is 0. The van der Waals surface area contributed by atoms with Gasteiger partial charge in [-0.1, -0.05) is 25.0 Å². The molecule has 0 aromatic carbocycles. The SMILES string of the molecule is C[C@@]12COC(=O)[C@H]1CC=C1CCCC[C@@H]12. The Balaban J connectivity index is 1.98. The number of rotatable bonds is 0. The van der Waals surface area contributed by atoms with Crippen LogP contribution in [0.5, 0.6) is 0 Å². The number of hydrogen-bond donors (Lipinski definition) is 0. The second-order valence-electron chi connectivity index (χ2n) is 5.48. The highest BCUT2D eigenvalue weighted by Crippen LogP contribution is 2.53. The molecule has 2 aliphatic carbocycles. The minimum atomic E-state index is 0.0402.